The van der Waals surface area contributed by atoms with Crippen LogP contribution in [0, 0.1) is 19.7 Å². The van der Waals surface area contributed by atoms with Crippen molar-refractivity contribution in [3.05, 3.63) is 65.1 Å². The number of aromatic nitrogens is 1. The Hall–Kier alpha value is -2.84. The highest BCUT2D eigenvalue weighted by atomic mass is 32.2. The van der Waals surface area contributed by atoms with E-state index in [4.69, 9.17) is 4.74 Å². The van der Waals surface area contributed by atoms with Crippen LogP contribution in [0.25, 0.3) is 10.9 Å². The van der Waals surface area contributed by atoms with Crippen molar-refractivity contribution in [3.8, 4) is 0 Å². The molecule has 156 valence electrons. The Kier molecular flexibility index (Phi) is 5.29. The van der Waals surface area contributed by atoms with E-state index in [0.717, 1.165) is 17.2 Å². The van der Waals surface area contributed by atoms with E-state index in [1.165, 1.54) is 29.3 Å². The number of sulfone groups is 1. The molecule has 0 atom stereocenters. The molecule has 0 radical (unpaired) electrons. The van der Waals surface area contributed by atoms with Gasteiger partial charge in [0, 0.05) is 24.7 Å². The summed E-state index contributed by atoms with van der Waals surface area (Å²) < 4.78 is 46.7. The highest BCUT2D eigenvalue weighted by Crippen LogP contribution is 2.32. The van der Waals surface area contributed by atoms with E-state index in [1.807, 2.05) is 13.8 Å². The molecule has 0 N–H and O–H groups in total. The van der Waals surface area contributed by atoms with Gasteiger partial charge in [0.15, 0.2) is 0 Å². The van der Waals surface area contributed by atoms with Gasteiger partial charge < -0.3 is 9.64 Å². The third-order valence-corrected chi connectivity index (χ3v) is 7.22. The molecule has 1 aliphatic rings. The summed E-state index contributed by atoms with van der Waals surface area (Å²) in [6.45, 7) is 5.16. The largest absolute Gasteiger partial charge is 0.378 e. The minimum atomic E-state index is -4.12. The van der Waals surface area contributed by atoms with E-state index < -0.39 is 21.6 Å². The van der Waals surface area contributed by atoms with Gasteiger partial charge in [0.2, 0.25) is 9.84 Å². The van der Waals surface area contributed by atoms with Gasteiger partial charge in [-0.2, -0.15) is 0 Å². The van der Waals surface area contributed by atoms with Crippen LogP contribution in [0.1, 0.15) is 21.5 Å². The number of aryl methyl sites for hydroxylation is 2. The summed E-state index contributed by atoms with van der Waals surface area (Å²) in [7, 11) is -4.12. The molecule has 0 spiro atoms. The van der Waals surface area contributed by atoms with Gasteiger partial charge in [-0.3, -0.25) is 9.78 Å². The van der Waals surface area contributed by atoms with Gasteiger partial charge in [-0.1, -0.05) is 6.07 Å². The van der Waals surface area contributed by atoms with Crippen LogP contribution in [0.4, 0.5) is 4.39 Å². The number of benzene rings is 2. The zero-order chi connectivity index (χ0) is 21.5. The van der Waals surface area contributed by atoms with Crippen LogP contribution >= 0.6 is 0 Å². The summed E-state index contributed by atoms with van der Waals surface area (Å²) in [5.41, 5.74) is 2.00. The summed E-state index contributed by atoms with van der Waals surface area (Å²) in [4.78, 5) is 18.8. The van der Waals surface area contributed by atoms with Crippen LogP contribution in [-0.4, -0.2) is 50.5 Å². The van der Waals surface area contributed by atoms with E-state index in [9.17, 15) is 17.6 Å². The van der Waals surface area contributed by atoms with Crippen molar-refractivity contribution in [2.24, 2.45) is 0 Å². The molecule has 3 aromatic rings. The lowest BCUT2D eigenvalue weighted by atomic mass is 10.1. The van der Waals surface area contributed by atoms with Crippen molar-refractivity contribution < 1.29 is 22.3 Å². The van der Waals surface area contributed by atoms with Gasteiger partial charge in [0.1, 0.15) is 5.82 Å². The number of ether oxygens (including phenoxy) is 1. The van der Waals surface area contributed by atoms with Gasteiger partial charge in [0.25, 0.3) is 5.91 Å². The summed E-state index contributed by atoms with van der Waals surface area (Å²) in [6.07, 6.45) is 1.27. The van der Waals surface area contributed by atoms with Crippen LogP contribution in [-0.2, 0) is 14.6 Å². The zero-order valence-corrected chi connectivity index (χ0v) is 17.5. The fourth-order valence-electron chi connectivity index (χ4n) is 3.52. The van der Waals surface area contributed by atoms with Gasteiger partial charge in [-0.25, -0.2) is 12.8 Å². The van der Waals surface area contributed by atoms with Crippen molar-refractivity contribution in [2.75, 3.05) is 26.3 Å². The highest BCUT2D eigenvalue weighted by molar-refractivity contribution is 7.91. The topological polar surface area (TPSA) is 76.6 Å². The number of carbonyl (C=O) groups excluding carboxylic acids is 1. The molecule has 1 saturated heterocycles. The van der Waals surface area contributed by atoms with E-state index in [1.54, 1.807) is 12.1 Å². The highest BCUT2D eigenvalue weighted by Gasteiger charge is 2.31. The number of pyridine rings is 1. The lowest BCUT2D eigenvalue weighted by Crippen LogP contribution is -2.41. The maximum Gasteiger partial charge on any atom is 0.256 e. The number of rotatable bonds is 3. The molecule has 1 aliphatic heterocycles. The van der Waals surface area contributed by atoms with E-state index >= 15 is 0 Å². The summed E-state index contributed by atoms with van der Waals surface area (Å²) in [6, 6.07) is 8.53. The molecule has 8 heteroatoms. The van der Waals surface area contributed by atoms with Crippen molar-refractivity contribution in [1.29, 1.82) is 0 Å². The Balaban J connectivity index is 1.98. The van der Waals surface area contributed by atoms with Gasteiger partial charge in [0.05, 0.1) is 34.1 Å². The van der Waals surface area contributed by atoms with E-state index in [-0.39, 0.29) is 20.7 Å². The molecule has 0 saturated carbocycles. The number of carbonyl (C=O) groups is 1. The lowest BCUT2D eigenvalue weighted by Gasteiger charge is -2.27. The molecule has 1 amide bonds. The molecule has 30 heavy (non-hydrogen) atoms. The number of hydrogen-bond acceptors (Lipinski definition) is 5. The molecular weight excluding hydrogens is 407 g/mol. The van der Waals surface area contributed by atoms with Crippen LogP contribution in [0.3, 0.4) is 0 Å². The number of hydrogen-bond donors (Lipinski definition) is 0. The second-order valence-electron chi connectivity index (χ2n) is 7.32. The number of morpholine rings is 1. The third-order valence-electron chi connectivity index (χ3n) is 5.37. The average Bonchev–Trinajstić information content (AvgIpc) is 2.74. The number of fused-ring (bicyclic) bond motifs is 1. The van der Waals surface area contributed by atoms with Crippen LogP contribution in [0.15, 0.2) is 52.4 Å². The number of amides is 1. The number of halogens is 1. The average molecular weight is 428 g/mol. The normalized spacial score (nSPS) is 14.8. The SMILES string of the molecule is Cc1ccc(S(=O)(=O)c2c(C(=O)N3CCOCC3)cnc3ccc(F)cc23)cc1C. The standard InChI is InChI=1S/C22H21FN2O4S/c1-14-3-5-17(11-15(14)2)30(27,28)21-18-12-16(23)4-6-20(18)24-13-19(21)22(26)25-7-9-29-10-8-25/h3-6,11-13H,7-10H2,1-2H3. The Morgan fingerprint density at radius 1 is 1.07 bits per heavy atom. The smallest absolute Gasteiger partial charge is 0.256 e. The fraction of sp³-hybridized carbons (Fsp3) is 0.273. The maximum atomic E-state index is 14.1. The fourth-order valence-corrected chi connectivity index (χ4v) is 5.22. The van der Waals surface area contributed by atoms with E-state index in [0.29, 0.717) is 31.8 Å². The minimum Gasteiger partial charge on any atom is -0.378 e. The molecule has 0 bridgehead atoms. The second kappa shape index (κ2) is 7.77. The zero-order valence-electron chi connectivity index (χ0n) is 16.7. The summed E-state index contributed by atoms with van der Waals surface area (Å²) in [5, 5.41) is 0.0901. The first kappa shape index (κ1) is 20.4. The van der Waals surface area contributed by atoms with Crippen molar-refractivity contribution in [1.82, 2.24) is 9.88 Å². The molecule has 4 rings (SSSR count). The quantitative estimate of drug-likeness (QED) is 0.640. The summed E-state index contributed by atoms with van der Waals surface area (Å²) in [5.74, 6) is -1.06. The van der Waals surface area contributed by atoms with Crippen LogP contribution < -0.4 is 0 Å². The molecular formula is C22H21FN2O4S. The minimum absolute atomic E-state index is 0.0541. The maximum absolute atomic E-state index is 14.1. The third kappa shape index (κ3) is 3.57. The molecule has 6 nitrogen and oxygen atoms in total. The Labute approximate surface area is 174 Å². The monoisotopic (exact) mass is 428 g/mol. The molecule has 1 fully saturated rings. The Bertz CT molecular complexity index is 1250. The predicted molar refractivity (Wildman–Crippen MR) is 110 cm³/mol. The number of nitrogens with zero attached hydrogens (tertiary/aromatic N) is 2. The molecule has 0 aliphatic carbocycles. The lowest BCUT2D eigenvalue weighted by molar-refractivity contribution is 0.0300. The second-order valence-corrected chi connectivity index (χ2v) is 9.20. The first-order chi connectivity index (χ1) is 14.3. The molecule has 1 aromatic heterocycles. The Morgan fingerprint density at radius 2 is 1.80 bits per heavy atom. The molecule has 2 heterocycles. The first-order valence-corrected chi connectivity index (χ1v) is 11.0. The van der Waals surface area contributed by atoms with Gasteiger partial charge in [-0.15, -0.1) is 0 Å². The van der Waals surface area contributed by atoms with Gasteiger partial charge in [-0.05, 0) is 55.3 Å². The van der Waals surface area contributed by atoms with E-state index in [2.05, 4.69) is 4.98 Å². The Morgan fingerprint density at radius 3 is 2.50 bits per heavy atom. The van der Waals surface area contributed by atoms with Gasteiger partial charge >= 0.3 is 0 Å². The molecule has 2 aromatic carbocycles. The van der Waals surface area contributed by atoms with Crippen molar-refractivity contribution in [2.45, 2.75) is 23.6 Å². The van der Waals surface area contributed by atoms with Crippen molar-refractivity contribution in [3.63, 3.8) is 0 Å². The van der Waals surface area contributed by atoms with Crippen molar-refractivity contribution >= 4 is 26.6 Å². The predicted octanol–water partition coefficient (Wildman–Crippen LogP) is 3.30. The van der Waals surface area contributed by atoms with Crippen LogP contribution in [0.2, 0.25) is 0 Å². The first-order valence-electron chi connectivity index (χ1n) is 9.56. The van der Waals surface area contributed by atoms with Crippen LogP contribution in [0.5, 0.6) is 0 Å². The summed E-state index contributed by atoms with van der Waals surface area (Å²) >= 11 is 0. The molecule has 0 unspecified atom stereocenters.